The number of anilines is 1. The molecule has 2 aliphatic heterocycles. The first-order valence-electron chi connectivity index (χ1n) is 8.64. The summed E-state index contributed by atoms with van der Waals surface area (Å²) in [5.41, 5.74) is 1.73. The van der Waals surface area contributed by atoms with Gasteiger partial charge < -0.3 is 19.3 Å². The zero-order chi connectivity index (χ0) is 17.3. The Bertz CT molecular complexity index is 606. The summed E-state index contributed by atoms with van der Waals surface area (Å²) >= 11 is 0. The molecule has 3 rings (SSSR count). The SMILES string of the molecule is C[C@@H]1CN(C(=O)OC(C)(C)C)Cc2ccc(N3CCOCC3)nc21. The Morgan fingerprint density at radius 1 is 1.29 bits per heavy atom. The van der Waals surface area contributed by atoms with Gasteiger partial charge in [-0.05, 0) is 32.4 Å². The van der Waals surface area contributed by atoms with E-state index in [-0.39, 0.29) is 12.0 Å². The minimum absolute atomic E-state index is 0.197. The van der Waals surface area contributed by atoms with E-state index < -0.39 is 5.60 Å². The number of pyridine rings is 1. The number of hydrogen-bond acceptors (Lipinski definition) is 5. The maximum Gasteiger partial charge on any atom is 0.410 e. The van der Waals surface area contributed by atoms with Gasteiger partial charge in [0.05, 0.1) is 25.5 Å². The molecule has 1 fully saturated rings. The molecule has 24 heavy (non-hydrogen) atoms. The van der Waals surface area contributed by atoms with Crippen molar-refractivity contribution in [1.29, 1.82) is 0 Å². The maximum absolute atomic E-state index is 12.3. The molecular formula is C18H27N3O3. The van der Waals surface area contributed by atoms with Gasteiger partial charge in [-0.15, -0.1) is 0 Å². The molecule has 0 aliphatic carbocycles. The number of nitrogens with zero attached hydrogens (tertiary/aromatic N) is 3. The standard InChI is InChI=1S/C18H27N3O3/c1-13-11-21(17(22)24-18(2,3)4)12-14-5-6-15(19-16(13)14)20-7-9-23-10-8-20/h5-6,13H,7-12H2,1-4H3/t13-/m1/s1. The van der Waals surface area contributed by atoms with E-state index in [1.54, 1.807) is 4.90 Å². The number of amides is 1. The van der Waals surface area contributed by atoms with Crippen molar-refractivity contribution in [2.24, 2.45) is 0 Å². The molecule has 1 atom stereocenters. The van der Waals surface area contributed by atoms with E-state index in [1.807, 2.05) is 20.8 Å². The summed E-state index contributed by atoms with van der Waals surface area (Å²) in [6.45, 7) is 12.3. The third-order valence-electron chi connectivity index (χ3n) is 4.31. The fourth-order valence-corrected chi connectivity index (χ4v) is 3.17. The van der Waals surface area contributed by atoms with Gasteiger partial charge in [0.1, 0.15) is 11.4 Å². The van der Waals surface area contributed by atoms with Gasteiger partial charge in [0.2, 0.25) is 0 Å². The second kappa shape index (κ2) is 6.59. The lowest BCUT2D eigenvalue weighted by Crippen LogP contribution is -2.42. The molecule has 6 heteroatoms. The predicted octanol–water partition coefficient (Wildman–Crippen LogP) is 2.77. The molecular weight excluding hydrogens is 306 g/mol. The molecule has 0 bridgehead atoms. The minimum Gasteiger partial charge on any atom is -0.444 e. The van der Waals surface area contributed by atoms with E-state index in [0.717, 1.165) is 43.4 Å². The van der Waals surface area contributed by atoms with E-state index in [2.05, 4.69) is 24.0 Å². The summed E-state index contributed by atoms with van der Waals surface area (Å²) in [6, 6.07) is 4.15. The van der Waals surface area contributed by atoms with Crippen molar-refractivity contribution >= 4 is 11.9 Å². The molecule has 0 spiro atoms. The quantitative estimate of drug-likeness (QED) is 0.791. The van der Waals surface area contributed by atoms with Gasteiger partial charge in [0, 0.05) is 25.6 Å². The zero-order valence-corrected chi connectivity index (χ0v) is 15.0. The van der Waals surface area contributed by atoms with Crippen molar-refractivity contribution in [3.63, 3.8) is 0 Å². The molecule has 1 aromatic rings. The van der Waals surface area contributed by atoms with Crippen LogP contribution in [0.25, 0.3) is 0 Å². The highest BCUT2D eigenvalue weighted by Crippen LogP contribution is 2.29. The lowest BCUT2D eigenvalue weighted by Gasteiger charge is -2.35. The summed E-state index contributed by atoms with van der Waals surface area (Å²) in [5, 5.41) is 0. The number of hydrogen-bond donors (Lipinski definition) is 0. The second-order valence-electron chi connectivity index (χ2n) is 7.58. The Kier molecular flexibility index (Phi) is 4.67. The summed E-state index contributed by atoms with van der Waals surface area (Å²) in [5.74, 6) is 1.21. The Balaban J connectivity index is 1.75. The Morgan fingerprint density at radius 3 is 2.67 bits per heavy atom. The highest BCUT2D eigenvalue weighted by Gasteiger charge is 2.30. The summed E-state index contributed by atoms with van der Waals surface area (Å²) < 4.78 is 10.9. The molecule has 6 nitrogen and oxygen atoms in total. The van der Waals surface area contributed by atoms with Gasteiger partial charge in [-0.2, -0.15) is 0 Å². The number of aromatic nitrogens is 1. The Morgan fingerprint density at radius 2 is 2.00 bits per heavy atom. The lowest BCUT2D eigenvalue weighted by molar-refractivity contribution is 0.0207. The highest BCUT2D eigenvalue weighted by atomic mass is 16.6. The van der Waals surface area contributed by atoms with Crippen LogP contribution < -0.4 is 4.90 Å². The first kappa shape index (κ1) is 17.0. The highest BCUT2D eigenvalue weighted by molar-refractivity contribution is 5.69. The molecule has 1 saturated heterocycles. The summed E-state index contributed by atoms with van der Waals surface area (Å²) in [4.78, 5) is 21.3. The van der Waals surface area contributed by atoms with Crippen molar-refractivity contribution in [2.45, 2.75) is 45.8 Å². The molecule has 0 saturated carbocycles. The van der Waals surface area contributed by atoms with Gasteiger partial charge in [-0.1, -0.05) is 13.0 Å². The Labute approximate surface area is 143 Å². The molecule has 132 valence electrons. The van der Waals surface area contributed by atoms with Crippen LogP contribution in [0.1, 0.15) is 44.9 Å². The number of ether oxygens (including phenoxy) is 2. The third-order valence-corrected chi connectivity index (χ3v) is 4.31. The molecule has 1 aromatic heterocycles. The zero-order valence-electron chi connectivity index (χ0n) is 15.0. The van der Waals surface area contributed by atoms with Crippen LogP contribution in [0.2, 0.25) is 0 Å². The van der Waals surface area contributed by atoms with Crippen molar-refractivity contribution in [2.75, 3.05) is 37.7 Å². The van der Waals surface area contributed by atoms with Crippen LogP contribution in [0.5, 0.6) is 0 Å². The molecule has 1 amide bonds. The molecule has 0 N–H and O–H groups in total. The van der Waals surface area contributed by atoms with Crippen molar-refractivity contribution in [3.05, 3.63) is 23.4 Å². The van der Waals surface area contributed by atoms with Crippen LogP contribution in [0, 0.1) is 0 Å². The number of fused-ring (bicyclic) bond motifs is 1. The molecule has 0 aromatic carbocycles. The van der Waals surface area contributed by atoms with Crippen molar-refractivity contribution in [1.82, 2.24) is 9.88 Å². The second-order valence-corrected chi connectivity index (χ2v) is 7.58. The largest absolute Gasteiger partial charge is 0.444 e. The number of carbonyl (C=O) groups excluding carboxylic acids is 1. The average Bonchev–Trinajstić information content (AvgIpc) is 2.54. The van der Waals surface area contributed by atoms with Crippen LogP contribution in [-0.4, -0.2) is 54.4 Å². The lowest BCUT2D eigenvalue weighted by atomic mass is 9.96. The van der Waals surface area contributed by atoms with Gasteiger partial charge in [-0.25, -0.2) is 9.78 Å². The maximum atomic E-state index is 12.3. The molecule has 0 unspecified atom stereocenters. The summed E-state index contributed by atoms with van der Waals surface area (Å²) in [6.07, 6.45) is -0.253. The normalized spacial score (nSPS) is 21.4. The van der Waals surface area contributed by atoms with Gasteiger partial charge in [0.15, 0.2) is 0 Å². The average molecular weight is 333 g/mol. The van der Waals surface area contributed by atoms with E-state index >= 15 is 0 Å². The molecule has 0 radical (unpaired) electrons. The number of carbonyl (C=O) groups is 1. The van der Waals surface area contributed by atoms with Crippen molar-refractivity contribution in [3.8, 4) is 0 Å². The van der Waals surface area contributed by atoms with Crippen LogP contribution in [0.3, 0.4) is 0 Å². The van der Waals surface area contributed by atoms with E-state index in [1.165, 1.54) is 0 Å². The number of morpholine rings is 1. The van der Waals surface area contributed by atoms with Gasteiger partial charge in [-0.3, -0.25) is 0 Å². The van der Waals surface area contributed by atoms with E-state index in [4.69, 9.17) is 14.5 Å². The fraction of sp³-hybridized carbons (Fsp3) is 0.667. The number of rotatable bonds is 1. The topological polar surface area (TPSA) is 54.9 Å². The first-order valence-corrected chi connectivity index (χ1v) is 8.64. The van der Waals surface area contributed by atoms with E-state index in [0.29, 0.717) is 13.1 Å². The third kappa shape index (κ3) is 3.80. The minimum atomic E-state index is -0.473. The van der Waals surface area contributed by atoms with Crippen molar-refractivity contribution < 1.29 is 14.3 Å². The van der Waals surface area contributed by atoms with Gasteiger partial charge in [0.25, 0.3) is 0 Å². The van der Waals surface area contributed by atoms with E-state index in [9.17, 15) is 4.79 Å². The smallest absolute Gasteiger partial charge is 0.410 e. The van der Waals surface area contributed by atoms with Crippen LogP contribution in [-0.2, 0) is 16.0 Å². The van der Waals surface area contributed by atoms with Gasteiger partial charge >= 0.3 is 6.09 Å². The fourth-order valence-electron chi connectivity index (χ4n) is 3.17. The molecule has 3 heterocycles. The monoisotopic (exact) mass is 333 g/mol. The summed E-state index contributed by atoms with van der Waals surface area (Å²) in [7, 11) is 0. The van der Waals surface area contributed by atoms with Crippen LogP contribution >= 0.6 is 0 Å². The first-order chi connectivity index (χ1) is 11.3. The van der Waals surface area contributed by atoms with Crippen LogP contribution in [0.15, 0.2) is 12.1 Å². The molecule has 2 aliphatic rings. The van der Waals surface area contributed by atoms with Crippen LogP contribution in [0.4, 0.5) is 10.6 Å². The predicted molar refractivity (Wildman–Crippen MR) is 92.3 cm³/mol. The Hall–Kier alpha value is -1.82.